The second-order valence-electron chi connectivity index (χ2n) is 5.57. The fourth-order valence-corrected chi connectivity index (χ4v) is 3.16. The third-order valence-corrected chi connectivity index (χ3v) is 4.90. The van der Waals surface area contributed by atoms with Crippen LogP contribution in [0.1, 0.15) is 50.7 Å². The molecule has 0 saturated heterocycles. The third kappa shape index (κ3) is 3.63. The van der Waals surface area contributed by atoms with E-state index >= 15 is 0 Å². The molecule has 1 atom stereocenters. The summed E-state index contributed by atoms with van der Waals surface area (Å²) in [5.41, 5.74) is 3.85. The molecule has 0 N–H and O–H groups in total. The van der Waals surface area contributed by atoms with Crippen LogP contribution >= 0.6 is 15.9 Å². The zero-order chi connectivity index (χ0) is 14.5. The second-order valence-corrected chi connectivity index (χ2v) is 6.87. The van der Waals surface area contributed by atoms with Gasteiger partial charge in [-0.25, -0.2) is 0 Å². The zero-order valence-electron chi connectivity index (χ0n) is 12.5. The molecule has 0 fully saturated rings. The standard InChI is InChI=1S/C17H24BrNO/c1-3-6-17(20)19-10-5-7-14-11-13(8-9-16(14)19)12-15(18)4-2/h8-9,11,15H,3-7,10,12H2,1-2H3. The van der Waals surface area contributed by atoms with E-state index in [1.807, 2.05) is 4.90 Å². The molecule has 0 bridgehead atoms. The number of hydrogen-bond donors (Lipinski definition) is 0. The summed E-state index contributed by atoms with van der Waals surface area (Å²) in [6, 6.07) is 6.62. The summed E-state index contributed by atoms with van der Waals surface area (Å²) >= 11 is 3.70. The first-order valence-electron chi connectivity index (χ1n) is 7.72. The quantitative estimate of drug-likeness (QED) is 0.725. The molecule has 0 spiro atoms. The van der Waals surface area contributed by atoms with Crippen LogP contribution in [0.5, 0.6) is 0 Å². The van der Waals surface area contributed by atoms with Gasteiger partial charge >= 0.3 is 0 Å². The SMILES string of the molecule is CCCC(=O)N1CCCc2cc(CC(Br)CC)ccc21. The van der Waals surface area contributed by atoms with Gasteiger partial charge in [0.2, 0.25) is 5.91 Å². The first kappa shape index (κ1) is 15.6. The molecule has 2 nitrogen and oxygen atoms in total. The van der Waals surface area contributed by atoms with Crippen molar-refractivity contribution < 1.29 is 4.79 Å². The monoisotopic (exact) mass is 337 g/mol. The molecule has 1 aliphatic rings. The highest BCUT2D eigenvalue weighted by Crippen LogP contribution is 2.29. The van der Waals surface area contributed by atoms with Crippen molar-refractivity contribution in [1.29, 1.82) is 0 Å². The number of anilines is 1. The van der Waals surface area contributed by atoms with Crippen molar-refractivity contribution in [1.82, 2.24) is 0 Å². The highest BCUT2D eigenvalue weighted by atomic mass is 79.9. The van der Waals surface area contributed by atoms with E-state index in [0.717, 1.165) is 44.3 Å². The van der Waals surface area contributed by atoms with Gasteiger partial charge in [0.25, 0.3) is 0 Å². The van der Waals surface area contributed by atoms with Crippen LogP contribution in [0.4, 0.5) is 5.69 Å². The highest BCUT2D eigenvalue weighted by Gasteiger charge is 2.22. The summed E-state index contributed by atoms with van der Waals surface area (Å²) in [4.78, 5) is 14.7. The van der Waals surface area contributed by atoms with E-state index in [0.29, 0.717) is 11.2 Å². The zero-order valence-corrected chi connectivity index (χ0v) is 14.1. The van der Waals surface area contributed by atoms with Gasteiger partial charge in [0.1, 0.15) is 0 Å². The Morgan fingerprint density at radius 3 is 2.90 bits per heavy atom. The molecule has 0 saturated carbocycles. The topological polar surface area (TPSA) is 20.3 Å². The van der Waals surface area contributed by atoms with E-state index in [-0.39, 0.29) is 5.91 Å². The number of amides is 1. The van der Waals surface area contributed by atoms with Gasteiger partial charge in [-0.3, -0.25) is 4.79 Å². The predicted octanol–water partition coefficient (Wildman–Crippen LogP) is 4.48. The number of hydrogen-bond acceptors (Lipinski definition) is 1. The normalized spacial score (nSPS) is 15.8. The van der Waals surface area contributed by atoms with E-state index in [1.54, 1.807) is 0 Å². The van der Waals surface area contributed by atoms with Gasteiger partial charge in [-0.1, -0.05) is 41.9 Å². The molecule has 1 aromatic rings. The minimum absolute atomic E-state index is 0.271. The molecule has 1 aromatic carbocycles. The van der Waals surface area contributed by atoms with Crippen molar-refractivity contribution in [3.63, 3.8) is 0 Å². The summed E-state index contributed by atoms with van der Waals surface area (Å²) in [6.45, 7) is 5.14. The fraction of sp³-hybridized carbons (Fsp3) is 0.588. The van der Waals surface area contributed by atoms with Crippen LogP contribution in [0, 0.1) is 0 Å². The first-order chi connectivity index (χ1) is 9.65. The van der Waals surface area contributed by atoms with Crippen molar-refractivity contribution in [3.8, 4) is 0 Å². The Labute approximate surface area is 130 Å². The number of carbonyl (C=O) groups is 1. The summed E-state index contributed by atoms with van der Waals surface area (Å²) in [5, 5.41) is 0. The molecule has 2 rings (SSSR count). The van der Waals surface area contributed by atoms with Crippen LogP contribution < -0.4 is 4.90 Å². The van der Waals surface area contributed by atoms with Gasteiger partial charge in [0.05, 0.1) is 0 Å². The minimum atomic E-state index is 0.271. The second kappa shape index (κ2) is 7.26. The summed E-state index contributed by atoms with van der Waals surface area (Å²) in [7, 11) is 0. The summed E-state index contributed by atoms with van der Waals surface area (Å²) < 4.78 is 0. The van der Waals surface area contributed by atoms with E-state index in [4.69, 9.17) is 0 Å². The van der Waals surface area contributed by atoms with Crippen LogP contribution in [0.15, 0.2) is 18.2 Å². The lowest BCUT2D eigenvalue weighted by Gasteiger charge is -2.30. The number of nitrogens with zero attached hydrogens (tertiary/aromatic N) is 1. The molecular formula is C17H24BrNO. The van der Waals surface area contributed by atoms with Crippen LogP contribution in [-0.4, -0.2) is 17.3 Å². The largest absolute Gasteiger partial charge is 0.312 e. The molecule has 1 unspecified atom stereocenters. The molecule has 1 heterocycles. The van der Waals surface area contributed by atoms with Crippen LogP contribution in [0.25, 0.3) is 0 Å². The van der Waals surface area contributed by atoms with Gasteiger partial charge in [-0.2, -0.15) is 0 Å². The average molecular weight is 338 g/mol. The molecular weight excluding hydrogens is 314 g/mol. The predicted molar refractivity (Wildman–Crippen MR) is 88.7 cm³/mol. The van der Waals surface area contributed by atoms with E-state index in [1.165, 1.54) is 11.1 Å². The maximum Gasteiger partial charge on any atom is 0.226 e. The number of alkyl halides is 1. The van der Waals surface area contributed by atoms with Crippen LogP contribution in [0.2, 0.25) is 0 Å². The lowest BCUT2D eigenvalue weighted by molar-refractivity contribution is -0.118. The molecule has 20 heavy (non-hydrogen) atoms. The number of fused-ring (bicyclic) bond motifs is 1. The average Bonchev–Trinajstić information content (AvgIpc) is 2.46. The Balaban J connectivity index is 2.19. The van der Waals surface area contributed by atoms with Crippen molar-refractivity contribution in [2.45, 2.75) is 57.2 Å². The number of benzene rings is 1. The number of carbonyl (C=O) groups excluding carboxylic acids is 1. The molecule has 0 radical (unpaired) electrons. The molecule has 3 heteroatoms. The highest BCUT2D eigenvalue weighted by molar-refractivity contribution is 9.09. The van der Waals surface area contributed by atoms with E-state index < -0.39 is 0 Å². The van der Waals surface area contributed by atoms with Crippen LogP contribution in [-0.2, 0) is 17.6 Å². The lowest BCUT2D eigenvalue weighted by atomic mass is 9.97. The van der Waals surface area contributed by atoms with Crippen molar-refractivity contribution in [2.24, 2.45) is 0 Å². The first-order valence-corrected chi connectivity index (χ1v) is 8.63. The smallest absolute Gasteiger partial charge is 0.226 e. The molecule has 110 valence electrons. The van der Waals surface area contributed by atoms with Gasteiger partial charge in [-0.05, 0) is 49.3 Å². The number of rotatable bonds is 5. The van der Waals surface area contributed by atoms with Crippen LogP contribution in [0.3, 0.4) is 0 Å². The Bertz CT molecular complexity index is 472. The molecule has 1 aliphatic heterocycles. The molecule has 0 aromatic heterocycles. The molecule has 0 aliphatic carbocycles. The summed E-state index contributed by atoms with van der Waals surface area (Å²) in [6.07, 6.45) is 5.95. The van der Waals surface area contributed by atoms with Gasteiger partial charge in [-0.15, -0.1) is 0 Å². The van der Waals surface area contributed by atoms with Crippen molar-refractivity contribution in [3.05, 3.63) is 29.3 Å². The maximum absolute atomic E-state index is 12.2. The Kier molecular flexibility index (Phi) is 5.64. The van der Waals surface area contributed by atoms with Gasteiger partial charge in [0, 0.05) is 23.5 Å². The van der Waals surface area contributed by atoms with Gasteiger partial charge in [0.15, 0.2) is 0 Å². The third-order valence-electron chi connectivity index (χ3n) is 3.93. The lowest BCUT2D eigenvalue weighted by Crippen LogP contribution is -2.35. The Morgan fingerprint density at radius 2 is 2.20 bits per heavy atom. The summed E-state index contributed by atoms with van der Waals surface area (Å²) in [5.74, 6) is 0.271. The van der Waals surface area contributed by atoms with Crippen molar-refractivity contribution >= 4 is 27.5 Å². The Hall–Kier alpha value is -0.830. The number of halogens is 1. The van der Waals surface area contributed by atoms with Crippen molar-refractivity contribution in [2.75, 3.05) is 11.4 Å². The number of aryl methyl sites for hydroxylation is 1. The van der Waals surface area contributed by atoms with E-state index in [2.05, 4.69) is 48.0 Å². The van der Waals surface area contributed by atoms with Gasteiger partial charge < -0.3 is 4.90 Å². The minimum Gasteiger partial charge on any atom is -0.312 e. The maximum atomic E-state index is 12.2. The fourth-order valence-electron chi connectivity index (χ4n) is 2.79. The van der Waals surface area contributed by atoms with E-state index in [9.17, 15) is 4.79 Å². The Morgan fingerprint density at radius 1 is 1.40 bits per heavy atom. The molecule has 1 amide bonds.